The van der Waals surface area contributed by atoms with E-state index >= 15 is 0 Å². The molecule has 0 aromatic rings. The smallest absolute Gasteiger partial charge is 0.215 e. The fourth-order valence-corrected chi connectivity index (χ4v) is 1.37. The van der Waals surface area contributed by atoms with E-state index in [1.54, 1.807) is 6.92 Å². The van der Waals surface area contributed by atoms with Gasteiger partial charge in [0.15, 0.2) is 0 Å². The molecule has 0 aromatic heterocycles. The van der Waals surface area contributed by atoms with Crippen molar-refractivity contribution in [2.24, 2.45) is 0 Å². The first-order valence-corrected chi connectivity index (χ1v) is 4.81. The van der Waals surface area contributed by atoms with E-state index in [0.29, 0.717) is 18.8 Å². The highest BCUT2D eigenvalue weighted by Gasteiger charge is 2.11. The number of carbonyl (C=O) groups excluding carboxylic acids is 1. The lowest BCUT2D eigenvalue weighted by Crippen LogP contribution is -2.42. The third-order valence-corrected chi connectivity index (χ3v) is 2.32. The predicted octanol–water partition coefficient (Wildman–Crippen LogP) is -0.226. The first kappa shape index (κ1) is 11.1. The van der Waals surface area contributed by atoms with Crippen LogP contribution < -0.4 is 0 Å². The quantitative estimate of drug-likeness (QED) is 0.387. The van der Waals surface area contributed by atoms with Crippen LogP contribution in [0, 0.1) is 5.41 Å². The summed E-state index contributed by atoms with van der Waals surface area (Å²) < 4.78 is 5.21. The SMILES string of the molecule is CC(=N)N(C=O)CCN1CCOCC1. The molecule has 0 aromatic carbocycles. The van der Waals surface area contributed by atoms with E-state index in [1.165, 1.54) is 4.90 Å². The number of carbonyl (C=O) groups is 1. The lowest BCUT2D eigenvalue weighted by Gasteiger charge is -2.28. The molecular formula is C9H17N3O2. The number of hydrogen-bond donors (Lipinski definition) is 1. The Hall–Kier alpha value is -0.940. The van der Waals surface area contributed by atoms with Crippen LogP contribution in [0.25, 0.3) is 0 Å². The van der Waals surface area contributed by atoms with Gasteiger partial charge in [0.2, 0.25) is 6.41 Å². The molecule has 1 rings (SSSR count). The molecule has 1 amide bonds. The number of amides is 1. The van der Waals surface area contributed by atoms with Gasteiger partial charge in [-0.15, -0.1) is 0 Å². The maximum Gasteiger partial charge on any atom is 0.215 e. The van der Waals surface area contributed by atoms with Crippen molar-refractivity contribution in [2.75, 3.05) is 39.4 Å². The minimum absolute atomic E-state index is 0.299. The molecule has 0 radical (unpaired) electrons. The van der Waals surface area contributed by atoms with Crippen molar-refractivity contribution in [3.05, 3.63) is 0 Å². The Bertz CT molecular complexity index is 202. The second-order valence-corrected chi connectivity index (χ2v) is 3.34. The molecule has 1 aliphatic heterocycles. The number of morpholine rings is 1. The van der Waals surface area contributed by atoms with Gasteiger partial charge in [-0.3, -0.25) is 15.1 Å². The van der Waals surface area contributed by atoms with Gasteiger partial charge in [0, 0.05) is 26.2 Å². The van der Waals surface area contributed by atoms with Crippen molar-refractivity contribution < 1.29 is 9.53 Å². The third kappa shape index (κ3) is 3.43. The summed E-state index contributed by atoms with van der Waals surface area (Å²) in [5.74, 6) is 0.299. The lowest BCUT2D eigenvalue weighted by molar-refractivity contribution is -0.115. The number of nitrogens with zero attached hydrogens (tertiary/aromatic N) is 2. The molecule has 0 unspecified atom stereocenters. The molecule has 0 saturated carbocycles. The third-order valence-electron chi connectivity index (χ3n) is 2.32. The number of hydrogen-bond acceptors (Lipinski definition) is 4. The fraction of sp³-hybridized carbons (Fsp3) is 0.778. The topological polar surface area (TPSA) is 56.6 Å². The van der Waals surface area contributed by atoms with Crippen molar-refractivity contribution >= 4 is 12.2 Å². The van der Waals surface area contributed by atoms with Crippen LogP contribution in [0.15, 0.2) is 0 Å². The first-order chi connectivity index (χ1) is 6.74. The Morgan fingerprint density at radius 1 is 1.57 bits per heavy atom. The van der Waals surface area contributed by atoms with Gasteiger partial charge < -0.3 is 9.64 Å². The van der Waals surface area contributed by atoms with Crippen molar-refractivity contribution in [2.45, 2.75) is 6.92 Å². The Labute approximate surface area is 84.1 Å². The van der Waals surface area contributed by atoms with Gasteiger partial charge in [0.05, 0.1) is 19.0 Å². The van der Waals surface area contributed by atoms with Crippen LogP contribution in [-0.4, -0.2) is 61.4 Å². The van der Waals surface area contributed by atoms with Crippen molar-refractivity contribution in [3.8, 4) is 0 Å². The zero-order chi connectivity index (χ0) is 10.4. The molecule has 1 saturated heterocycles. The number of ether oxygens (including phenoxy) is 1. The van der Waals surface area contributed by atoms with E-state index in [2.05, 4.69) is 4.90 Å². The van der Waals surface area contributed by atoms with Crippen molar-refractivity contribution in [1.29, 1.82) is 5.41 Å². The van der Waals surface area contributed by atoms with Crippen molar-refractivity contribution in [3.63, 3.8) is 0 Å². The zero-order valence-corrected chi connectivity index (χ0v) is 8.53. The minimum Gasteiger partial charge on any atom is -0.379 e. The Balaban J connectivity index is 2.23. The standard InChI is InChI=1S/C9H17N3O2/c1-9(10)12(8-13)3-2-11-4-6-14-7-5-11/h8,10H,2-7H2,1H3. The van der Waals surface area contributed by atoms with E-state index in [9.17, 15) is 4.79 Å². The monoisotopic (exact) mass is 199 g/mol. The zero-order valence-electron chi connectivity index (χ0n) is 8.53. The number of rotatable bonds is 4. The van der Waals surface area contributed by atoms with Crippen LogP contribution in [0.3, 0.4) is 0 Å². The number of amidine groups is 1. The van der Waals surface area contributed by atoms with Gasteiger partial charge in [0.1, 0.15) is 0 Å². The van der Waals surface area contributed by atoms with E-state index in [4.69, 9.17) is 10.1 Å². The van der Waals surface area contributed by atoms with E-state index < -0.39 is 0 Å². The van der Waals surface area contributed by atoms with Crippen LogP contribution in [0.2, 0.25) is 0 Å². The van der Waals surface area contributed by atoms with Gasteiger partial charge in [-0.25, -0.2) is 0 Å². The Morgan fingerprint density at radius 3 is 2.71 bits per heavy atom. The molecule has 0 atom stereocenters. The molecule has 5 heteroatoms. The Kier molecular flexibility index (Phi) is 4.55. The maximum atomic E-state index is 10.6. The highest BCUT2D eigenvalue weighted by atomic mass is 16.5. The second kappa shape index (κ2) is 5.72. The first-order valence-electron chi connectivity index (χ1n) is 4.81. The average Bonchev–Trinajstić information content (AvgIpc) is 2.20. The van der Waals surface area contributed by atoms with Crippen LogP contribution in [0.5, 0.6) is 0 Å². The molecule has 0 spiro atoms. The molecule has 1 aliphatic rings. The van der Waals surface area contributed by atoms with Gasteiger partial charge >= 0.3 is 0 Å². The largest absolute Gasteiger partial charge is 0.379 e. The van der Waals surface area contributed by atoms with Crippen LogP contribution >= 0.6 is 0 Å². The van der Waals surface area contributed by atoms with E-state index in [1.807, 2.05) is 0 Å². The van der Waals surface area contributed by atoms with Gasteiger partial charge in [-0.2, -0.15) is 0 Å². The molecule has 5 nitrogen and oxygen atoms in total. The normalized spacial score (nSPS) is 17.8. The highest BCUT2D eigenvalue weighted by Crippen LogP contribution is 1.96. The molecular weight excluding hydrogens is 182 g/mol. The molecule has 1 heterocycles. The summed E-state index contributed by atoms with van der Waals surface area (Å²) in [6.45, 7) is 6.41. The summed E-state index contributed by atoms with van der Waals surface area (Å²) in [7, 11) is 0. The molecule has 1 fully saturated rings. The van der Waals surface area contributed by atoms with E-state index in [-0.39, 0.29) is 0 Å². The van der Waals surface area contributed by atoms with Gasteiger partial charge in [0.25, 0.3) is 0 Å². The summed E-state index contributed by atoms with van der Waals surface area (Å²) in [5.41, 5.74) is 0. The van der Waals surface area contributed by atoms with E-state index in [0.717, 1.165) is 32.8 Å². The van der Waals surface area contributed by atoms with Crippen LogP contribution in [-0.2, 0) is 9.53 Å². The summed E-state index contributed by atoms with van der Waals surface area (Å²) in [5, 5.41) is 7.32. The Morgan fingerprint density at radius 2 is 2.21 bits per heavy atom. The molecule has 1 N–H and O–H groups in total. The average molecular weight is 199 g/mol. The summed E-state index contributed by atoms with van der Waals surface area (Å²) in [6, 6.07) is 0. The second-order valence-electron chi connectivity index (χ2n) is 3.34. The maximum absolute atomic E-state index is 10.6. The summed E-state index contributed by atoms with van der Waals surface area (Å²) in [6.07, 6.45) is 0.711. The lowest BCUT2D eigenvalue weighted by atomic mass is 10.4. The van der Waals surface area contributed by atoms with Crippen LogP contribution in [0.4, 0.5) is 0 Å². The minimum atomic E-state index is 0.299. The predicted molar refractivity (Wildman–Crippen MR) is 53.4 cm³/mol. The molecule has 0 bridgehead atoms. The molecule has 80 valence electrons. The van der Waals surface area contributed by atoms with Gasteiger partial charge in [-0.1, -0.05) is 0 Å². The van der Waals surface area contributed by atoms with Gasteiger partial charge in [-0.05, 0) is 6.92 Å². The molecule has 14 heavy (non-hydrogen) atoms. The fourth-order valence-electron chi connectivity index (χ4n) is 1.37. The summed E-state index contributed by atoms with van der Waals surface area (Å²) >= 11 is 0. The summed E-state index contributed by atoms with van der Waals surface area (Å²) in [4.78, 5) is 14.2. The number of nitrogens with one attached hydrogen (secondary N) is 1. The highest BCUT2D eigenvalue weighted by molar-refractivity contribution is 5.86. The van der Waals surface area contributed by atoms with Crippen molar-refractivity contribution in [1.82, 2.24) is 9.80 Å². The van der Waals surface area contributed by atoms with Crippen LogP contribution in [0.1, 0.15) is 6.92 Å². The molecule has 0 aliphatic carbocycles.